The molecule has 2 N–H and O–H groups in total. The molecule has 3 aromatic carbocycles. The molecule has 0 bridgehead atoms. The van der Waals surface area contributed by atoms with E-state index in [4.69, 9.17) is 16.3 Å². The van der Waals surface area contributed by atoms with Crippen LogP contribution in [-0.2, 0) is 23.3 Å². The maximum atomic E-state index is 13.3. The molecule has 7 nitrogen and oxygen atoms in total. The molecular weight excluding hydrogens is 514 g/mol. The van der Waals surface area contributed by atoms with Crippen LogP contribution in [0, 0.1) is 5.92 Å². The van der Waals surface area contributed by atoms with Crippen LogP contribution in [0.2, 0.25) is 5.02 Å². The molecule has 0 aliphatic carbocycles. The van der Waals surface area contributed by atoms with Crippen molar-refractivity contribution in [3.05, 3.63) is 93.5 Å². The molecule has 0 aromatic heterocycles. The van der Waals surface area contributed by atoms with Gasteiger partial charge in [-0.1, -0.05) is 76.6 Å². The van der Waals surface area contributed by atoms with Crippen LogP contribution in [0.5, 0.6) is 5.75 Å². The fourth-order valence-electron chi connectivity index (χ4n) is 4.17. The first-order chi connectivity index (χ1) is 18.4. The summed E-state index contributed by atoms with van der Waals surface area (Å²) in [5.74, 6) is -0.336. The van der Waals surface area contributed by atoms with Crippen molar-refractivity contribution < 1.29 is 19.1 Å². The normalized spacial score (nSPS) is 13.1. The third-order valence-electron chi connectivity index (χ3n) is 6.59. The summed E-state index contributed by atoms with van der Waals surface area (Å²) in [6.07, 6.45) is 0. The molecule has 3 amide bonds. The molecule has 8 heteroatoms. The molecule has 204 valence electrons. The quantitative estimate of drug-likeness (QED) is 0.371. The predicted octanol–water partition coefficient (Wildman–Crippen LogP) is 6.15. The molecule has 0 saturated carbocycles. The number of rotatable bonds is 7. The minimum Gasteiger partial charge on any atom is -0.472 e. The van der Waals surface area contributed by atoms with Crippen LogP contribution < -0.4 is 15.4 Å². The van der Waals surface area contributed by atoms with E-state index >= 15 is 0 Å². The standard InChI is InChI=1S/C31H34ClN3O4/c1-19(2)28(36)33-16-21-8-12-26(32)24(14-21)29(37)34-23-11-13-27-25(15-23)30(38)35(18-39-27)17-20-6-9-22(10-7-20)31(3,4)5/h6-15,19H,16-18H2,1-5H3,(H,33,36)(H,34,37). The Labute approximate surface area is 234 Å². The SMILES string of the molecule is CC(C)C(=O)NCc1ccc(Cl)c(C(=O)Nc2ccc3c(c2)C(=O)N(Cc2ccc(C(C)(C)C)cc2)CO3)c1. The Balaban J connectivity index is 1.46. The molecule has 3 aromatic rings. The Morgan fingerprint density at radius 1 is 1.00 bits per heavy atom. The minimum atomic E-state index is -0.419. The van der Waals surface area contributed by atoms with Crippen LogP contribution in [0.15, 0.2) is 60.7 Å². The van der Waals surface area contributed by atoms with Gasteiger partial charge in [0.25, 0.3) is 11.8 Å². The van der Waals surface area contributed by atoms with Gasteiger partial charge in [0.15, 0.2) is 6.73 Å². The van der Waals surface area contributed by atoms with E-state index in [1.54, 1.807) is 41.3 Å². The van der Waals surface area contributed by atoms with Gasteiger partial charge in [0.2, 0.25) is 5.91 Å². The van der Waals surface area contributed by atoms with Gasteiger partial charge in [-0.15, -0.1) is 0 Å². The van der Waals surface area contributed by atoms with E-state index in [9.17, 15) is 14.4 Å². The molecule has 0 spiro atoms. The molecule has 0 unspecified atom stereocenters. The molecule has 0 atom stereocenters. The number of amides is 3. The summed E-state index contributed by atoms with van der Waals surface area (Å²) in [5.41, 5.74) is 4.13. The number of nitrogens with zero attached hydrogens (tertiary/aromatic N) is 1. The molecular formula is C31H34ClN3O4. The first-order valence-corrected chi connectivity index (χ1v) is 13.3. The molecule has 4 rings (SSSR count). The summed E-state index contributed by atoms with van der Waals surface area (Å²) in [6.45, 7) is 11.0. The fourth-order valence-corrected chi connectivity index (χ4v) is 4.38. The highest BCUT2D eigenvalue weighted by atomic mass is 35.5. The highest BCUT2D eigenvalue weighted by Gasteiger charge is 2.27. The number of hydrogen-bond donors (Lipinski definition) is 2. The molecule has 0 saturated heterocycles. The Bertz CT molecular complexity index is 1390. The Kier molecular flexibility index (Phi) is 8.31. The van der Waals surface area contributed by atoms with E-state index in [2.05, 4.69) is 43.5 Å². The number of hydrogen-bond acceptors (Lipinski definition) is 4. The zero-order valence-corrected chi connectivity index (χ0v) is 23.7. The highest BCUT2D eigenvalue weighted by molar-refractivity contribution is 6.34. The maximum Gasteiger partial charge on any atom is 0.260 e. The van der Waals surface area contributed by atoms with Gasteiger partial charge in [-0.05, 0) is 52.4 Å². The van der Waals surface area contributed by atoms with Gasteiger partial charge in [0, 0.05) is 24.7 Å². The van der Waals surface area contributed by atoms with Crippen molar-refractivity contribution in [1.82, 2.24) is 10.2 Å². The second-order valence-electron chi connectivity index (χ2n) is 11.1. The number of halogens is 1. The number of carbonyl (C=O) groups is 3. The van der Waals surface area contributed by atoms with Crippen molar-refractivity contribution in [2.24, 2.45) is 5.92 Å². The minimum absolute atomic E-state index is 0.0532. The van der Waals surface area contributed by atoms with Crippen molar-refractivity contribution in [3.63, 3.8) is 0 Å². The maximum absolute atomic E-state index is 13.3. The Morgan fingerprint density at radius 2 is 1.69 bits per heavy atom. The van der Waals surface area contributed by atoms with E-state index in [-0.39, 0.29) is 47.0 Å². The zero-order valence-electron chi connectivity index (χ0n) is 22.9. The van der Waals surface area contributed by atoms with Crippen LogP contribution in [0.25, 0.3) is 0 Å². The topological polar surface area (TPSA) is 87.7 Å². The Morgan fingerprint density at radius 3 is 2.36 bits per heavy atom. The van der Waals surface area contributed by atoms with Crippen LogP contribution in [0.4, 0.5) is 5.69 Å². The third-order valence-corrected chi connectivity index (χ3v) is 6.92. The number of fused-ring (bicyclic) bond motifs is 1. The summed E-state index contributed by atoms with van der Waals surface area (Å²) in [5, 5.41) is 5.95. The van der Waals surface area contributed by atoms with E-state index < -0.39 is 5.91 Å². The van der Waals surface area contributed by atoms with Crippen LogP contribution in [0.3, 0.4) is 0 Å². The molecule has 1 aliphatic heterocycles. The smallest absolute Gasteiger partial charge is 0.260 e. The van der Waals surface area contributed by atoms with Crippen LogP contribution >= 0.6 is 11.6 Å². The lowest BCUT2D eigenvalue weighted by molar-refractivity contribution is -0.124. The molecule has 1 heterocycles. The van der Waals surface area contributed by atoms with E-state index in [1.165, 1.54) is 5.56 Å². The average molecular weight is 548 g/mol. The third kappa shape index (κ3) is 6.79. The lowest BCUT2D eigenvalue weighted by atomic mass is 9.87. The second-order valence-corrected chi connectivity index (χ2v) is 11.5. The number of carbonyl (C=O) groups excluding carboxylic acids is 3. The summed E-state index contributed by atoms with van der Waals surface area (Å²) in [7, 11) is 0. The first kappa shape index (κ1) is 28.2. The van der Waals surface area contributed by atoms with Crippen molar-refractivity contribution >= 4 is 35.0 Å². The monoisotopic (exact) mass is 547 g/mol. The molecule has 1 aliphatic rings. The van der Waals surface area contributed by atoms with E-state index in [0.717, 1.165) is 11.1 Å². The largest absolute Gasteiger partial charge is 0.472 e. The average Bonchev–Trinajstić information content (AvgIpc) is 2.89. The molecule has 39 heavy (non-hydrogen) atoms. The van der Waals surface area contributed by atoms with Crippen molar-refractivity contribution in [2.75, 3.05) is 12.0 Å². The van der Waals surface area contributed by atoms with Gasteiger partial charge in [-0.2, -0.15) is 0 Å². The molecule has 0 radical (unpaired) electrons. The van der Waals surface area contributed by atoms with Gasteiger partial charge in [0.05, 0.1) is 16.1 Å². The zero-order chi connectivity index (χ0) is 28.3. The lowest BCUT2D eigenvalue weighted by Gasteiger charge is -2.29. The Hall–Kier alpha value is -3.84. The van der Waals surface area contributed by atoms with Gasteiger partial charge >= 0.3 is 0 Å². The highest BCUT2D eigenvalue weighted by Crippen LogP contribution is 2.30. The lowest BCUT2D eigenvalue weighted by Crippen LogP contribution is -2.38. The van der Waals surface area contributed by atoms with Gasteiger partial charge in [0.1, 0.15) is 5.75 Å². The summed E-state index contributed by atoms with van der Waals surface area (Å²) in [6, 6.07) is 18.3. The van der Waals surface area contributed by atoms with Crippen LogP contribution in [-0.4, -0.2) is 29.4 Å². The van der Waals surface area contributed by atoms with Gasteiger partial charge < -0.3 is 20.3 Å². The van der Waals surface area contributed by atoms with Crippen LogP contribution in [0.1, 0.15) is 72.0 Å². The van der Waals surface area contributed by atoms with Crippen molar-refractivity contribution in [2.45, 2.75) is 53.1 Å². The van der Waals surface area contributed by atoms with Crippen molar-refractivity contribution in [1.29, 1.82) is 0 Å². The summed E-state index contributed by atoms with van der Waals surface area (Å²) < 4.78 is 5.84. The van der Waals surface area contributed by atoms with E-state index in [1.807, 2.05) is 26.0 Å². The van der Waals surface area contributed by atoms with Gasteiger partial charge in [-0.3, -0.25) is 14.4 Å². The van der Waals surface area contributed by atoms with Gasteiger partial charge in [-0.25, -0.2) is 0 Å². The second kappa shape index (κ2) is 11.5. The first-order valence-electron chi connectivity index (χ1n) is 13.0. The number of nitrogens with one attached hydrogen (secondary N) is 2. The number of ether oxygens (including phenoxy) is 1. The summed E-state index contributed by atoms with van der Waals surface area (Å²) in [4.78, 5) is 39.9. The summed E-state index contributed by atoms with van der Waals surface area (Å²) >= 11 is 6.31. The number of anilines is 1. The van der Waals surface area contributed by atoms with E-state index in [0.29, 0.717) is 23.5 Å². The fraction of sp³-hybridized carbons (Fsp3) is 0.323. The molecule has 0 fully saturated rings. The van der Waals surface area contributed by atoms with Crippen molar-refractivity contribution in [3.8, 4) is 5.75 Å². The number of benzene rings is 3. The predicted molar refractivity (Wildman–Crippen MR) is 153 cm³/mol.